The largest absolute Gasteiger partial charge is 0.353 e. The van der Waals surface area contributed by atoms with Crippen molar-refractivity contribution < 1.29 is 8.42 Å². The Morgan fingerprint density at radius 1 is 1.11 bits per heavy atom. The van der Waals surface area contributed by atoms with Crippen molar-refractivity contribution in [2.24, 2.45) is 5.14 Å². The van der Waals surface area contributed by atoms with Crippen LogP contribution in [0.25, 0.3) is 11.2 Å². The van der Waals surface area contributed by atoms with E-state index < -0.39 is 15.6 Å². The molecule has 0 saturated heterocycles. The fraction of sp³-hybridized carbons (Fsp3) is 0.522. The number of nitrogens with zero attached hydrogens (tertiary/aromatic N) is 4. The van der Waals surface area contributed by atoms with Crippen molar-refractivity contribution in [2.75, 3.05) is 5.32 Å². The van der Waals surface area contributed by atoms with Gasteiger partial charge in [-0.3, -0.25) is 18.5 Å². The van der Waals surface area contributed by atoms with Gasteiger partial charge in [0.25, 0.3) is 5.56 Å². The molecule has 4 rings (SSSR count). The summed E-state index contributed by atoms with van der Waals surface area (Å²) in [6.45, 7) is 4.61. The van der Waals surface area contributed by atoms with Gasteiger partial charge >= 0.3 is 5.69 Å². The van der Waals surface area contributed by atoms with Crippen molar-refractivity contribution in [1.82, 2.24) is 18.7 Å². The molecule has 0 aliphatic heterocycles. The summed E-state index contributed by atoms with van der Waals surface area (Å²) in [6.07, 6.45) is 6.13. The molecule has 3 aromatic rings. The molecular weight excluding hydrogens is 492 g/mol. The zero-order chi connectivity index (χ0) is 25.3. The van der Waals surface area contributed by atoms with Crippen molar-refractivity contribution in [3.05, 3.63) is 49.6 Å². The van der Waals surface area contributed by atoms with Gasteiger partial charge in [-0.2, -0.15) is 4.98 Å². The van der Waals surface area contributed by atoms with E-state index in [1.54, 1.807) is 22.1 Å². The van der Waals surface area contributed by atoms with E-state index in [0.717, 1.165) is 25.7 Å². The fourth-order valence-corrected chi connectivity index (χ4v) is 5.86. The average molecular weight is 523 g/mol. The zero-order valence-corrected chi connectivity index (χ0v) is 21.5. The van der Waals surface area contributed by atoms with Crippen molar-refractivity contribution in [2.45, 2.75) is 82.9 Å². The molecule has 190 valence electrons. The maximum atomic E-state index is 13.4. The van der Waals surface area contributed by atoms with Gasteiger partial charge in [-0.15, -0.1) is 0 Å². The number of anilines is 1. The highest BCUT2D eigenvalue weighted by atomic mass is 35.5. The quantitative estimate of drug-likeness (QED) is 0.467. The Kier molecular flexibility index (Phi) is 7.39. The summed E-state index contributed by atoms with van der Waals surface area (Å²) in [6, 6.07) is 4.71. The van der Waals surface area contributed by atoms with E-state index >= 15 is 0 Å². The molecule has 0 atom stereocenters. The number of nitrogens with two attached hydrogens (primary N) is 1. The molecule has 1 aliphatic rings. The van der Waals surface area contributed by atoms with Crippen LogP contribution in [-0.2, 0) is 29.7 Å². The van der Waals surface area contributed by atoms with Gasteiger partial charge in [0, 0.05) is 19.1 Å². The number of nitrogens with one attached hydrogen (secondary N) is 1. The first-order chi connectivity index (χ1) is 16.7. The van der Waals surface area contributed by atoms with Crippen LogP contribution in [0, 0.1) is 0 Å². The molecular formula is C23H31ClN6O4S. The number of halogens is 1. The van der Waals surface area contributed by atoms with Gasteiger partial charge in [0.15, 0.2) is 11.2 Å². The number of hydrogen-bond donors (Lipinski definition) is 2. The normalized spacial score (nSPS) is 15.1. The number of rotatable bonds is 8. The first-order valence-corrected chi connectivity index (χ1v) is 13.9. The fourth-order valence-electron chi connectivity index (χ4n) is 4.74. The second-order valence-corrected chi connectivity index (χ2v) is 10.9. The Morgan fingerprint density at radius 2 is 1.83 bits per heavy atom. The number of aromatic nitrogens is 4. The van der Waals surface area contributed by atoms with Crippen LogP contribution in [0.4, 0.5) is 5.95 Å². The van der Waals surface area contributed by atoms with Gasteiger partial charge in [-0.05, 0) is 43.9 Å². The lowest BCUT2D eigenvalue weighted by molar-refractivity contribution is 0.459. The van der Waals surface area contributed by atoms with Crippen molar-refractivity contribution in [3.63, 3.8) is 0 Å². The van der Waals surface area contributed by atoms with E-state index in [-0.39, 0.29) is 34.7 Å². The summed E-state index contributed by atoms with van der Waals surface area (Å²) in [5.41, 5.74) is 0.559. The molecule has 2 heterocycles. The highest BCUT2D eigenvalue weighted by Crippen LogP contribution is 2.26. The van der Waals surface area contributed by atoms with Crippen molar-refractivity contribution in [3.8, 4) is 0 Å². The molecule has 1 saturated carbocycles. The smallest absolute Gasteiger partial charge is 0.332 e. The van der Waals surface area contributed by atoms with E-state index in [4.69, 9.17) is 21.7 Å². The molecule has 1 fully saturated rings. The number of aryl methyl sites for hydroxylation is 1. The predicted molar refractivity (Wildman–Crippen MR) is 137 cm³/mol. The second-order valence-electron chi connectivity index (χ2n) is 8.97. The minimum Gasteiger partial charge on any atom is -0.353 e. The molecule has 1 aromatic carbocycles. The number of sulfonamides is 1. The first kappa shape index (κ1) is 25.5. The van der Waals surface area contributed by atoms with Gasteiger partial charge < -0.3 is 5.32 Å². The molecule has 3 N–H and O–H groups in total. The van der Waals surface area contributed by atoms with E-state index in [0.29, 0.717) is 35.6 Å². The van der Waals surface area contributed by atoms with Crippen molar-refractivity contribution in [1.29, 1.82) is 0 Å². The summed E-state index contributed by atoms with van der Waals surface area (Å²) in [4.78, 5) is 31.1. The van der Waals surface area contributed by atoms with E-state index in [1.807, 2.05) is 6.92 Å². The third-order valence-corrected chi connectivity index (χ3v) is 7.85. The van der Waals surface area contributed by atoms with Gasteiger partial charge in [-0.1, -0.05) is 43.9 Å². The van der Waals surface area contributed by atoms with Crippen LogP contribution in [-0.4, -0.2) is 33.1 Å². The lowest BCUT2D eigenvalue weighted by Gasteiger charge is -2.23. The van der Waals surface area contributed by atoms with Crippen LogP contribution >= 0.6 is 11.6 Å². The Hall–Kier alpha value is -2.63. The Morgan fingerprint density at radius 3 is 2.43 bits per heavy atom. The third kappa shape index (κ3) is 5.03. The first-order valence-electron chi connectivity index (χ1n) is 12.0. The Labute approximate surface area is 208 Å². The Balaban J connectivity index is 1.91. The molecule has 0 amide bonds. The third-order valence-electron chi connectivity index (χ3n) is 6.46. The lowest BCUT2D eigenvalue weighted by atomic mass is 9.96. The maximum Gasteiger partial charge on any atom is 0.332 e. The number of benzene rings is 1. The SMILES string of the molecule is CCCn1c(=O)n(CC)c(=O)c2c1nc(NC1CCCCC1)n2Cc1ccc(S(N)(=O)=O)c(Cl)c1. The molecule has 1 aliphatic carbocycles. The topological polar surface area (TPSA) is 134 Å². The second kappa shape index (κ2) is 10.2. The summed E-state index contributed by atoms with van der Waals surface area (Å²) >= 11 is 6.22. The van der Waals surface area contributed by atoms with Crippen LogP contribution in [0.5, 0.6) is 0 Å². The summed E-state index contributed by atoms with van der Waals surface area (Å²) in [5, 5.41) is 8.75. The number of imidazole rings is 1. The van der Waals surface area contributed by atoms with Crippen LogP contribution in [0.2, 0.25) is 5.02 Å². The van der Waals surface area contributed by atoms with Crippen LogP contribution in [0.15, 0.2) is 32.7 Å². The van der Waals surface area contributed by atoms with E-state index in [2.05, 4.69) is 5.32 Å². The molecule has 0 spiro atoms. The minimum absolute atomic E-state index is 0.00470. The van der Waals surface area contributed by atoms with Crippen LogP contribution < -0.4 is 21.7 Å². The van der Waals surface area contributed by atoms with Gasteiger partial charge in [0.2, 0.25) is 16.0 Å². The molecule has 0 unspecified atom stereocenters. The van der Waals surface area contributed by atoms with E-state index in [1.165, 1.54) is 23.1 Å². The highest BCUT2D eigenvalue weighted by molar-refractivity contribution is 7.89. The molecule has 0 radical (unpaired) electrons. The molecule has 35 heavy (non-hydrogen) atoms. The van der Waals surface area contributed by atoms with E-state index in [9.17, 15) is 18.0 Å². The molecule has 10 nitrogen and oxygen atoms in total. The average Bonchev–Trinajstić information content (AvgIpc) is 3.14. The summed E-state index contributed by atoms with van der Waals surface area (Å²) in [5.74, 6) is 0.508. The molecule has 12 heteroatoms. The molecule has 2 aromatic heterocycles. The molecule has 0 bridgehead atoms. The standard InChI is InChI=1S/C23H31ClN6O4S/c1-3-12-29-20-19(21(31)28(4-2)23(29)32)30(22(27-20)26-16-8-6-5-7-9-16)14-15-10-11-18(17(24)13-15)35(25,33)34/h10-11,13,16H,3-9,12,14H2,1-2H3,(H,26,27)(H2,25,33,34). The van der Waals surface area contributed by atoms with Gasteiger partial charge in [-0.25, -0.2) is 18.4 Å². The Bertz CT molecular complexity index is 1470. The number of fused-ring (bicyclic) bond motifs is 1. The van der Waals surface area contributed by atoms with Gasteiger partial charge in [0.05, 0.1) is 11.6 Å². The summed E-state index contributed by atoms with van der Waals surface area (Å²) < 4.78 is 28.1. The van der Waals surface area contributed by atoms with Crippen molar-refractivity contribution >= 4 is 38.7 Å². The summed E-state index contributed by atoms with van der Waals surface area (Å²) in [7, 11) is -3.96. The van der Waals surface area contributed by atoms with Gasteiger partial charge in [0.1, 0.15) is 4.90 Å². The zero-order valence-electron chi connectivity index (χ0n) is 20.0. The predicted octanol–water partition coefficient (Wildman–Crippen LogP) is 2.88. The highest BCUT2D eigenvalue weighted by Gasteiger charge is 2.24. The lowest BCUT2D eigenvalue weighted by Crippen LogP contribution is -2.40. The number of primary sulfonamides is 1. The minimum atomic E-state index is -3.96. The monoisotopic (exact) mass is 522 g/mol. The van der Waals surface area contributed by atoms with Crippen LogP contribution in [0.3, 0.4) is 0 Å². The van der Waals surface area contributed by atoms with Crippen LogP contribution in [0.1, 0.15) is 57.9 Å². The number of hydrogen-bond acceptors (Lipinski definition) is 6. The maximum absolute atomic E-state index is 13.4.